The number of thioether (sulfide) groups is 1. The van der Waals surface area contributed by atoms with Gasteiger partial charge in [0.05, 0.1) is 11.6 Å². The van der Waals surface area contributed by atoms with Crippen LogP contribution in [0.3, 0.4) is 0 Å². The van der Waals surface area contributed by atoms with E-state index in [0.717, 1.165) is 28.0 Å². The van der Waals surface area contributed by atoms with E-state index in [1.165, 1.54) is 40.9 Å². The number of Topliss-reactive ketones (excluding diaryl/α,β-unsaturated/α-hetero) is 1. The smallest absolute Gasteiger partial charge is 0.301 e. The Morgan fingerprint density at radius 3 is 2.51 bits per heavy atom. The molecule has 1 aliphatic heterocycles. The topological polar surface area (TPSA) is 83.4 Å². The molecular weight excluding hydrogens is 580 g/mol. The maximum atomic E-state index is 13.8. The third-order valence-electron chi connectivity index (χ3n) is 6.25. The van der Waals surface area contributed by atoms with Crippen molar-refractivity contribution >= 4 is 68.9 Å². The third-order valence-corrected chi connectivity index (χ3v) is 8.94. The maximum absolute atomic E-state index is 13.8. The number of aliphatic hydroxyl groups is 1. The minimum atomic E-state index is -1.03. The molecule has 2 heterocycles. The summed E-state index contributed by atoms with van der Waals surface area (Å²) in [5.74, 6) is -2.01. The number of benzene rings is 3. The molecule has 0 saturated carbocycles. The first-order valence-electron chi connectivity index (χ1n) is 11.7. The Hall–Kier alpha value is -3.24. The number of rotatable bonds is 6. The molecule has 0 spiro atoms. The fraction of sp³-hybridized carbons (Fsp3) is 0.143. The summed E-state index contributed by atoms with van der Waals surface area (Å²) in [6.45, 7) is 3.67. The van der Waals surface area contributed by atoms with E-state index in [2.05, 4.69) is 10.2 Å². The Bertz CT molecular complexity index is 1640. The van der Waals surface area contributed by atoms with Gasteiger partial charge in [0.1, 0.15) is 11.6 Å². The minimum absolute atomic E-state index is 0.0994. The van der Waals surface area contributed by atoms with Crippen LogP contribution in [0.4, 0.5) is 9.52 Å². The van der Waals surface area contributed by atoms with Crippen molar-refractivity contribution in [1.29, 1.82) is 0 Å². The fourth-order valence-electron chi connectivity index (χ4n) is 4.26. The van der Waals surface area contributed by atoms with Crippen LogP contribution in [0.5, 0.6) is 0 Å². The lowest BCUT2D eigenvalue weighted by Crippen LogP contribution is -2.29. The average Bonchev–Trinajstić information content (AvgIpc) is 3.47. The Morgan fingerprint density at radius 2 is 1.79 bits per heavy atom. The van der Waals surface area contributed by atoms with E-state index < -0.39 is 23.5 Å². The van der Waals surface area contributed by atoms with Gasteiger partial charge in [-0.2, -0.15) is 0 Å². The van der Waals surface area contributed by atoms with Crippen molar-refractivity contribution in [3.8, 4) is 0 Å². The lowest BCUT2D eigenvalue weighted by molar-refractivity contribution is -0.132. The number of aliphatic hydroxyl groups excluding tert-OH is 1. The van der Waals surface area contributed by atoms with Crippen LogP contribution in [0.2, 0.25) is 10.0 Å². The number of carbonyl (C=O) groups excluding carboxylic acids is 2. The van der Waals surface area contributed by atoms with Gasteiger partial charge in [-0.1, -0.05) is 82.2 Å². The van der Waals surface area contributed by atoms with Gasteiger partial charge in [-0.05, 0) is 60.9 Å². The number of hydrogen-bond acceptors (Lipinski definition) is 7. The number of carbonyl (C=O) groups is 2. The van der Waals surface area contributed by atoms with Crippen molar-refractivity contribution in [3.63, 3.8) is 0 Å². The monoisotopic (exact) mass is 599 g/mol. The van der Waals surface area contributed by atoms with E-state index in [0.29, 0.717) is 31.3 Å². The maximum Gasteiger partial charge on any atom is 0.301 e. The molecule has 1 amide bonds. The second-order valence-corrected chi connectivity index (χ2v) is 11.9. The van der Waals surface area contributed by atoms with Crippen LogP contribution < -0.4 is 4.90 Å². The summed E-state index contributed by atoms with van der Waals surface area (Å²) >= 11 is 14.7. The molecule has 4 aromatic rings. The summed E-state index contributed by atoms with van der Waals surface area (Å²) in [6, 6.07) is 15.1. The van der Waals surface area contributed by atoms with Crippen molar-refractivity contribution in [3.05, 3.63) is 110 Å². The van der Waals surface area contributed by atoms with Crippen LogP contribution in [0.1, 0.15) is 33.9 Å². The fourth-order valence-corrected chi connectivity index (χ4v) is 6.69. The van der Waals surface area contributed by atoms with Crippen LogP contribution in [0.15, 0.2) is 70.6 Å². The quantitative estimate of drug-likeness (QED) is 0.0811. The molecule has 0 bridgehead atoms. The van der Waals surface area contributed by atoms with Crippen molar-refractivity contribution in [2.45, 2.75) is 30.0 Å². The number of anilines is 1. The van der Waals surface area contributed by atoms with Crippen molar-refractivity contribution in [2.75, 3.05) is 4.90 Å². The van der Waals surface area contributed by atoms with E-state index >= 15 is 0 Å². The number of ketones is 1. The number of hydrogen-bond donors (Lipinski definition) is 1. The van der Waals surface area contributed by atoms with Crippen molar-refractivity contribution in [1.82, 2.24) is 10.2 Å². The van der Waals surface area contributed by atoms with Crippen LogP contribution in [-0.4, -0.2) is 27.0 Å². The van der Waals surface area contributed by atoms with Gasteiger partial charge >= 0.3 is 5.91 Å². The summed E-state index contributed by atoms with van der Waals surface area (Å²) < 4.78 is 14.3. The predicted molar refractivity (Wildman–Crippen MR) is 153 cm³/mol. The van der Waals surface area contributed by atoms with E-state index in [-0.39, 0.29) is 16.5 Å². The molecule has 39 heavy (non-hydrogen) atoms. The van der Waals surface area contributed by atoms with Gasteiger partial charge in [-0.3, -0.25) is 14.5 Å². The molecule has 1 saturated heterocycles. The third kappa shape index (κ3) is 5.45. The molecule has 6 nitrogen and oxygen atoms in total. The van der Waals surface area contributed by atoms with E-state index in [9.17, 15) is 19.1 Å². The minimum Gasteiger partial charge on any atom is -0.507 e. The standard InChI is InChI=1S/C28H20Cl2FN3O3S2/c1-14-3-4-15(2)20(11-14)24(35)22-23(16-6-9-19(31)10-7-16)34(26(37)25(22)36)27-32-33-28(39-27)38-13-17-5-8-18(29)12-21(17)30/h3-12,23,35H,13H2,1-2H3/b24-22+. The molecule has 1 N–H and O–H groups in total. The molecule has 1 fully saturated rings. The zero-order valence-electron chi connectivity index (χ0n) is 20.6. The van der Waals surface area contributed by atoms with Crippen molar-refractivity contribution < 1.29 is 19.1 Å². The largest absolute Gasteiger partial charge is 0.507 e. The summed E-state index contributed by atoms with van der Waals surface area (Å²) in [5, 5.41) is 21.0. The number of halogens is 3. The number of aromatic nitrogens is 2. The molecule has 11 heteroatoms. The van der Waals surface area contributed by atoms with Crippen LogP contribution in [0.25, 0.3) is 5.76 Å². The summed E-state index contributed by atoms with van der Waals surface area (Å²) in [7, 11) is 0. The first-order valence-corrected chi connectivity index (χ1v) is 14.2. The van der Waals surface area contributed by atoms with Gasteiger partial charge in [0, 0.05) is 21.4 Å². The first-order chi connectivity index (χ1) is 18.6. The predicted octanol–water partition coefficient (Wildman–Crippen LogP) is 7.52. The molecule has 0 aliphatic carbocycles. The summed E-state index contributed by atoms with van der Waals surface area (Å²) in [6.07, 6.45) is 0. The van der Waals surface area contributed by atoms with Gasteiger partial charge in [0.15, 0.2) is 4.34 Å². The van der Waals surface area contributed by atoms with E-state index in [1.807, 2.05) is 25.1 Å². The molecule has 5 rings (SSSR count). The Kier molecular flexibility index (Phi) is 7.77. The van der Waals surface area contributed by atoms with Crippen LogP contribution in [0, 0.1) is 19.7 Å². The summed E-state index contributed by atoms with van der Waals surface area (Å²) in [4.78, 5) is 28.0. The van der Waals surface area contributed by atoms with Gasteiger partial charge < -0.3 is 5.11 Å². The SMILES string of the molecule is Cc1ccc(C)c(/C(O)=C2\C(=O)C(=O)N(c3nnc(SCc4ccc(Cl)cc4Cl)s3)C2c2ccc(F)cc2)c1. The van der Waals surface area contributed by atoms with Gasteiger partial charge in [-0.25, -0.2) is 4.39 Å². The molecule has 1 aromatic heterocycles. The molecule has 198 valence electrons. The highest BCUT2D eigenvalue weighted by Gasteiger charge is 2.48. The number of nitrogens with zero attached hydrogens (tertiary/aromatic N) is 3. The zero-order valence-corrected chi connectivity index (χ0v) is 23.8. The Labute approximate surface area is 242 Å². The highest BCUT2D eigenvalue weighted by Crippen LogP contribution is 2.44. The molecule has 0 radical (unpaired) electrons. The number of aryl methyl sites for hydroxylation is 2. The van der Waals surface area contributed by atoms with Gasteiger partial charge in [-0.15, -0.1) is 10.2 Å². The lowest BCUT2D eigenvalue weighted by Gasteiger charge is -2.22. The molecule has 1 unspecified atom stereocenters. The van der Waals surface area contributed by atoms with Crippen LogP contribution >= 0.6 is 46.3 Å². The molecule has 1 atom stereocenters. The van der Waals surface area contributed by atoms with Crippen molar-refractivity contribution in [2.24, 2.45) is 0 Å². The van der Waals surface area contributed by atoms with Gasteiger partial charge in [0.25, 0.3) is 5.78 Å². The Morgan fingerprint density at radius 1 is 1.05 bits per heavy atom. The normalized spacial score (nSPS) is 16.7. The second-order valence-electron chi connectivity index (χ2n) is 8.91. The number of amides is 1. The molecule has 3 aromatic carbocycles. The molecular formula is C28H20Cl2FN3O3S2. The highest BCUT2D eigenvalue weighted by atomic mass is 35.5. The molecule has 1 aliphatic rings. The second kappa shape index (κ2) is 11.1. The van der Waals surface area contributed by atoms with E-state index in [1.54, 1.807) is 25.1 Å². The Balaban J connectivity index is 1.55. The lowest BCUT2D eigenvalue weighted by atomic mass is 9.93. The van der Waals surface area contributed by atoms with E-state index in [4.69, 9.17) is 23.2 Å². The summed E-state index contributed by atoms with van der Waals surface area (Å²) in [5.41, 5.74) is 3.24. The highest BCUT2D eigenvalue weighted by molar-refractivity contribution is 8.00. The average molecular weight is 601 g/mol. The zero-order chi connectivity index (χ0) is 27.8. The van der Waals surface area contributed by atoms with Gasteiger partial charge in [0.2, 0.25) is 5.13 Å². The van der Waals surface area contributed by atoms with Crippen LogP contribution in [-0.2, 0) is 15.3 Å². The first kappa shape index (κ1) is 27.3.